The van der Waals surface area contributed by atoms with Gasteiger partial charge in [0, 0.05) is 18.3 Å². The summed E-state index contributed by atoms with van der Waals surface area (Å²) >= 11 is 0. The first kappa shape index (κ1) is 15.5. The SMILES string of the molecule is CC(C)c1nn(Cc2ccccc2)cc1CNCc1cnco1. The van der Waals surface area contributed by atoms with E-state index in [0.717, 1.165) is 24.5 Å². The fourth-order valence-corrected chi connectivity index (χ4v) is 2.60. The van der Waals surface area contributed by atoms with Crippen LogP contribution in [-0.4, -0.2) is 14.8 Å². The molecular formula is C18H22N4O. The topological polar surface area (TPSA) is 55.9 Å². The van der Waals surface area contributed by atoms with Crippen LogP contribution in [0.1, 0.15) is 42.3 Å². The summed E-state index contributed by atoms with van der Waals surface area (Å²) in [6.07, 6.45) is 5.32. The maximum Gasteiger partial charge on any atom is 0.180 e. The summed E-state index contributed by atoms with van der Waals surface area (Å²) in [5.74, 6) is 1.24. The molecule has 0 saturated heterocycles. The fraction of sp³-hybridized carbons (Fsp3) is 0.333. The van der Waals surface area contributed by atoms with Gasteiger partial charge in [-0.15, -0.1) is 0 Å². The van der Waals surface area contributed by atoms with Gasteiger partial charge in [0.2, 0.25) is 0 Å². The average Bonchev–Trinajstić information content (AvgIpc) is 3.18. The molecule has 0 bridgehead atoms. The first-order chi connectivity index (χ1) is 11.2. The number of nitrogens with one attached hydrogen (secondary N) is 1. The molecule has 0 aliphatic heterocycles. The Morgan fingerprint density at radius 1 is 1.17 bits per heavy atom. The number of hydrogen-bond acceptors (Lipinski definition) is 4. The third-order valence-corrected chi connectivity index (χ3v) is 3.70. The van der Waals surface area contributed by atoms with Gasteiger partial charge in [0.05, 0.1) is 25.0 Å². The monoisotopic (exact) mass is 310 g/mol. The summed E-state index contributed by atoms with van der Waals surface area (Å²) in [4.78, 5) is 3.92. The van der Waals surface area contributed by atoms with E-state index in [0.29, 0.717) is 12.5 Å². The Hall–Kier alpha value is -2.40. The van der Waals surface area contributed by atoms with Crippen LogP contribution in [0.15, 0.2) is 53.5 Å². The normalized spacial score (nSPS) is 11.3. The van der Waals surface area contributed by atoms with Crippen LogP contribution in [0.25, 0.3) is 0 Å². The summed E-state index contributed by atoms with van der Waals surface area (Å²) in [6, 6.07) is 10.4. The third-order valence-electron chi connectivity index (χ3n) is 3.70. The summed E-state index contributed by atoms with van der Waals surface area (Å²) in [5.41, 5.74) is 3.63. The van der Waals surface area contributed by atoms with Crippen LogP contribution in [0, 0.1) is 0 Å². The lowest BCUT2D eigenvalue weighted by molar-refractivity contribution is 0.478. The van der Waals surface area contributed by atoms with Crippen LogP contribution in [0.2, 0.25) is 0 Å². The van der Waals surface area contributed by atoms with Crippen molar-refractivity contribution in [3.05, 3.63) is 71.7 Å². The van der Waals surface area contributed by atoms with Crippen molar-refractivity contribution in [2.24, 2.45) is 0 Å². The number of hydrogen-bond donors (Lipinski definition) is 1. The predicted molar refractivity (Wildman–Crippen MR) is 88.9 cm³/mol. The summed E-state index contributed by atoms with van der Waals surface area (Å²) in [5, 5.41) is 8.15. The van der Waals surface area contributed by atoms with Crippen molar-refractivity contribution in [1.29, 1.82) is 0 Å². The minimum atomic E-state index is 0.397. The molecule has 1 N–H and O–H groups in total. The molecule has 5 nitrogen and oxygen atoms in total. The number of aromatic nitrogens is 3. The Morgan fingerprint density at radius 3 is 2.70 bits per heavy atom. The smallest absolute Gasteiger partial charge is 0.180 e. The second-order valence-electron chi connectivity index (χ2n) is 5.95. The van der Waals surface area contributed by atoms with Crippen molar-refractivity contribution < 1.29 is 4.42 Å². The lowest BCUT2D eigenvalue weighted by Gasteiger charge is -2.05. The highest BCUT2D eigenvalue weighted by molar-refractivity contribution is 5.22. The van der Waals surface area contributed by atoms with Crippen LogP contribution in [-0.2, 0) is 19.6 Å². The molecule has 0 aliphatic rings. The van der Waals surface area contributed by atoms with Crippen molar-refractivity contribution in [2.45, 2.75) is 39.4 Å². The van der Waals surface area contributed by atoms with Gasteiger partial charge >= 0.3 is 0 Å². The number of benzene rings is 1. The fourth-order valence-electron chi connectivity index (χ4n) is 2.60. The lowest BCUT2D eigenvalue weighted by Crippen LogP contribution is -2.13. The van der Waals surface area contributed by atoms with E-state index in [1.54, 1.807) is 6.20 Å². The second-order valence-corrected chi connectivity index (χ2v) is 5.95. The molecule has 0 aliphatic carbocycles. The van der Waals surface area contributed by atoms with E-state index < -0.39 is 0 Å². The molecule has 0 saturated carbocycles. The van der Waals surface area contributed by atoms with Gasteiger partial charge in [-0.3, -0.25) is 4.68 Å². The molecule has 120 valence electrons. The highest BCUT2D eigenvalue weighted by Crippen LogP contribution is 2.18. The van der Waals surface area contributed by atoms with Crippen LogP contribution in [0.3, 0.4) is 0 Å². The van der Waals surface area contributed by atoms with Crippen LogP contribution in [0.4, 0.5) is 0 Å². The van der Waals surface area contributed by atoms with Crippen LogP contribution >= 0.6 is 0 Å². The number of rotatable bonds is 7. The van der Waals surface area contributed by atoms with Crippen molar-refractivity contribution in [1.82, 2.24) is 20.1 Å². The molecule has 0 radical (unpaired) electrons. The van der Waals surface area contributed by atoms with E-state index in [2.05, 4.69) is 54.6 Å². The third kappa shape index (κ3) is 4.07. The number of oxazole rings is 1. The molecule has 3 aromatic rings. The number of nitrogens with zero attached hydrogens (tertiary/aromatic N) is 3. The Kier molecular flexibility index (Phi) is 4.88. The van der Waals surface area contributed by atoms with Crippen molar-refractivity contribution in [3.63, 3.8) is 0 Å². The van der Waals surface area contributed by atoms with E-state index in [4.69, 9.17) is 9.52 Å². The summed E-state index contributed by atoms with van der Waals surface area (Å²) in [7, 11) is 0. The standard InChI is InChI=1S/C18H22N4O/c1-14(2)18-16(8-19-9-17-10-20-13-23-17)12-22(21-18)11-15-6-4-3-5-7-15/h3-7,10,12-14,19H,8-9,11H2,1-2H3. The lowest BCUT2D eigenvalue weighted by atomic mass is 10.1. The molecule has 0 unspecified atom stereocenters. The van der Waals surface area contributed by atoms with Crippen molar-refractivity contribution >= 4 is 0 Å². The van der Waals surface area contributed by atoms with Gasteiger partial charge < -0.3 is 9.73 Å². The molecule has 3 rings (SSSR count). The van der Waals surface area contributed by atoms with E-state index in [9.17, 15) is 0 Å². The molecule has 23 heavy (non-hydrogen) atoms. The van der Waals surface area contributed by atoms with Gasteiger partial charge in [-0.1, -0.05) is 44.2 Å². The van der Waals surface area contributed by atoms with E-state index in [-0.39, 0.29) is 0 Å². The predicted octanol–water partition coefficient (Wildman–Crippen LogP) is 3.33. The van der Waals surface area contributed by atoms with Gasteiger partial charge in [0.1, 0.15) is 5.76 Å². The molecular weight excluding hydrogens is 288 g/mol. The molecule has 0 atom stereocenters. The van der Waals surface area contributed by atoms with Gasteiger partial charge in [-0.05, 0) is 11.5 Å². The van der Waals surface area contributed by atoms with Crippen molar-refractivity contribution in [3.8, 4) is 0 Å². The quantitative estimate of drug-likeness (QED) is 0.727. The first-order valence-corrected chi connectivity index (χ1v) is 7.90. The molecule has 5 heteroatoms. The van der Waals surface area contributed by atoms with Crippen molar-refractivity contribution in [2.75, 3.05) is 0 Å². The first-order valence-electron chi connectivity index (χ1n) is 7.90. The summed E-state index contributed by atoms with van der Waals surface area (Å²) in [6.45, 7) is 6.58. The highest BCUT2D eigenvalue weighted by Gasteiger charge is 2.12. The Bertz CT molecular complexity index is 717. The Morgan fingerprint density at radius 2 is 2.00 bits per heavy atom. The molecule has 2 aromatic heterocycles. The average molecular weight is 310 g/mol. The zero-order chi connectivity index (χ0) is 16.1. The highest BCUT2D eigenvalue weighted by atomic mass is 16.3. The maximum absolute atomic E-state index is 5.24. The Labute approximate surface area is 136 Å². The molecule has 0 spiro atoms. The molecule has 2 heterocycles. The van der Waals surface area contributed by atoms with Gasteiger partial charge in [0.25, 0.3) is 0 Å². The van der Waals surface area contributed by atoms with Crippen LogP contribution < -0.4 is 5.32 Å². The van der Waals surface area contributed by atoms with Crippen LogP contribution in [0.5, 0.6) is 0 Å². The molecule has 0 amide bonds. The zero-order valence-electron chi connectivity index (χ0n) is 13.6. The van der Waals surface area contributed by atoms with E-state index in [1.807, 2.05) is 10.7 Å². The van der Waals surface area contributed by atoms with Gasteiger partial charge in [0.15, 0.2) is 6.39 Å². The molecule has 0 fully saturated rings. The minimum absolute atomic E-state index is 0.397. The largest absolute Gasteiger partial charge is 0.447 e. The van der Waals surface area contributed by atoms with E-state index in [1.165, 1.54) is 17.5 Å². The van der Waals surface area contributed by atoms with Gasteiger partial charge in [-0.2, -0.15) is 5.10 Å². The summed E-state index contributed by atoms with van der Waals surface area (Å²) < 4.78 is 7.26. The zero-order valence-corrected chi connectivity index (χ0v) is 13.6. The van der Waals surface area contributed by atoms with E-state index >= 15 is 0 Å². The Balaban J connectivity index is 1.68. The second kappa shape index (κ2) is 7.24. The minimum Gasteiger partial charge on any atom is -0.447 e. The molecule has 1 aromatic carbocycles. The maximum atomic E-state index is 5.24. The van der Waals surface area contributed by atoms with Gasteiger partial charge in [-0.25, -0.2) is 4.98 Å².